The van der Waals surface area contributed by atoms with Gasteiger partial charge in [-0.3, -0.25) is 4.79 Å². The van der Waals surface area contributed by atoms with Crippen molar-refractivity contribution in [2.45, 2.75) is 25.4 Å². The molecule has 6 heteroatoms. The van der Waals surface area contributed by atoms with Gasteiger partial charge in [0.1, 0.15) is 0 Å². The van der Waals surface area contributed by atoms with E-state index in [1.807, 2.05) is 0 Å². The first kappa shape index (κ1) is 16.6. The smallest absolute Gasteiger partial charge is 0.220 e. The Morgan fingerprint density at radius 3 is 2.57 bits per heavy atom. The highest BCUT2D eigenvalue weighted by molar-refractivity contribution is 6.36. The maximum absolute atomic E-state index is 11.9. The van der Waals surface area contributed by atoms with Crippen molar-refractivity contribution in [3.8, 4) is 0 Å². The van der Waals surface area contributed by atoms with E-state index in [0.717, 1.165) is 25.9 Å². The predicted molar refractivity (Wildman–Crippen MR) is 84.6 cm³/mol. The van der Waals surface area contributed by atoms with Gasteiger partial charge in [-0.05, 0) is 44.0 Å². The highest BCUT2D eigenvalue weighted by atomic mass is 35.5. The van der Waals surface area contributed by atoms with E-state index in [9.17, 15) is 9.90 Å². The summed E-state index contributed by atoms with van der Waals surface area (Å²) in [4.78, 5) is 11.9. The zero-order chi connectivity index (χ0) is 15.2. The van der Waals surface area contributed by atoms with Crippen molar-refractivity contribution in [1.82, 2.24) is 10.6 Å². The number of nitrogens with one attached hydrogen (secondary N) is 2. The molecule has 0 saturated carbocycles. The molecule has 1 fully saturated rings. The van der Waals surface area contributed by atoms with Gasteiger partial charge in [-0.15, -0.1) is 0 Å². The Hall–Kier alpha value is -0.810. The second-order valence-corrected chi connectivity index (χ2v) is 6.17. The average Bonchev–Trinajstić information content (AvgIpc) is 2.46. The zero-order valence-corrected chi connectivity index (χ0v) is 13.3. The molecule has 21 heavy (non-hydrogen) atoms. The number of piperidine rings is 1. The van der Waals surface area contributed by atoms with Crippen LogP contribution in [-0.4, -0.2) is 30.6 Å². The van der Waals surface area contributed by atoms with E-state index in [-0.39, 0.29) is 12.5 Å². The van der Waals surface area contributed by atoms with Crippen LogP contribution in [0.15, 0.2) is 18.2 Å². The molecule has 1 amide bonds. The predicted octanol–water partition coefficient (Wildman–Crippen LogP) is 2.53. The number of aliphatic hydroxyl groups is 1. The molecule has 116 valence electrons. The summed E-state index contributed by atoms with van der Waals surface area (Å²) in [6, 6.07) is 5.06. The van der Waals surface area contributed by atoms with Crippen molar-refractivity contribution >= 4 is 29.1 Å². The fourth-order valence-corrected chi connectivity index (χ4v) is 3.21. The number of benzene rings is 1. The number of hydrogen-bond donors (Lipinski definition) is 3. The summed E-state index contributed by atoms with van der Waals surface area (Å²) >= 11 is 12.1. The first-order valence-electron chi connectivity index (χ1n) is 7.17. The topological polar surface area (TPSA) is 61.4 Å². The molecule has 1 aromatic rings. The van der Waals surface area contributed by atoms with Gasteiger partial charge in [-0.25, -0.2) is 0 Å². The molecular formula is C15H20Cl2N2O2. The van der Waals surface area contributed by atoms with Crippen molar-refractivity contribution in [3.05, 3.63) is 33.8 Å². The van der Waals surface area contributed by atoms with E-state index >= 15 is 0 Å². The van der Waals surface area contributed by atoms with Crippen molar-refractivity contribution in [2.24, 2.45) is 5.92 Å². The van der Waals surface area contributed by atoms with Gasteiger partial charge >= 0.3 is 0 Å². The standard InChI is InChI=1S/C15H20Cl2N2O2/c16-11-2-1-3-12(17)15(11)13(20)9-19-14(21)8-10-4-6-18-7-5-10/h1-3,10,13,18,20H,4-9H2,(H,19,21). The van der Waals surface area contributed by atoms with Crippen LogP contribution in [0.1, 0.15) is 30.9 Å². The number of rotatable bonds is 5. The Bertz CT molecular complexity index is 470. The monoisotopic (exact) mass is 330 g/mol. The summed E-state index contributed by atoms with van der Waals surface area (Å²) in [5.41, 5.74) is 0.461. The van der Waals surface area contributed by atoms with Crippen LogP contribution >= 0.6 is 23.2 Å². The number of carbonyl (C=O) groups is 1. The molecule has 0 aliphatic carbocycles. The van der Waals surface area contributed by atoms with Crippen molar-refractivity contribution < 1.29 is 9.90 Å². The quantitative estimate of drug-likeness (QED) is 0.777. The minimum Gasteiger partial charge on any atom is -0.386 e. The Balaban J connectivity index is 1.83. The summed E-state index contributed by atoms with van der Waals surface area (Å²) in [6.07, 6.45) is 1.65. The number of halogens is 2. The summed E-state index contributed by atoms with van der Waals surface area (Å²) < 4.78 is 0. The number of carbonyl (C=O) groups excluding carboxylic acids is 1. The lowest BCUT2D eigenvalue weighted by Gasteiger charge is -2.22. The maximum Gasteiger partial charge on any atom is 0.220 e. The highest BCUT2D eigenvalue weighted by Crippen LogP contribution is 2.29. The van der Waals surface area contributed by atoms with E-state index in [0.29, 0.717) is 27.9 Å². The first-order chi connectivity index (χ1) is 10.1. The molecule has 4 nitrogen and oxygen atoms in total. The van der Waals surface area contributed by atoms with Gasteiger partial charge in [0.05, 0.1) is 6.10 Å². The Morgan fingerprint density at radius 2 is 1.95 bits per heavy atom. The molecule has 1 aliphatic heterocycles. The number of aliphatic hydroxyl groups excluding tert-OH is 1. The lowest BCUT2D eigenvalue weighted by Crippen LogP contribution is -2.33. The minimum absolute atomic E-state index is 0.0378. The molecule has 1 aliphatic rings. The molecule has 0 spiro atoms. The molecule has 1 saturated heterocycles. The third-order valence-corrected chi connectivity index (χ3v) is 4.42. The largest absolute Gasteiger partial charge is 0.386 e. The van der Waals surface area contributed by atoms with Crippen molar-refractivity contribution in [3.63, 3.8) is 0 Å². The molecule has 1 aromatic carbocycles. The minimum atomic E-state index is -0.900. The van der Waals surface area contributed by atoms with Crippen LogP contribution in [0.25, 0.3) is 0 Å². The average molecular weight is 331 g/mol. The highest BCUT2D eigenvalue weighted by Gasteiger charge is 2.19. The molecule has 1 heterocycles. The molecule has 0 aromatic heterocycles. The lowest BCUT2D eigenvalue weighted by atomic mass is 9.94. The Labute approximate surface area is 134 Å². The maximum atomic E-state index is 11.9. The summed E-state index contributed by atoms with van der Waals surface area (Å²) in [7, 11) is 0. The number of amides is 1. The lowest BCUT2D eigenvalue weighted by molar-refractivity contribution is -0.122. The zero-order valence-electron chi connectivity index (χ0n) is 11.7. The van der Waals surface area contributed by atoms with Gasteiger partial charge < -0.3 is 15.7 Å². The van der Waals surface area contributed by atoms with Gasteiger partial charge in [0, 0.05) is 28.6 Å². The van der Waals surface area contributed by atoms with E-state index in [1.165, 1.54) is 0 Å². The van der Waals surface area contributed by atoms with E-state index in [4.69, 9.17) is 23.2 Å². The fourth-order valence-electron chi connectivity index (χ4n) is 2.56. The summed E-state index contributed by atoms with van der Waals surface area (Å²) in [5.74, 6) is 0.386. The van der Waals surface area contributed by atoms with Crippen LogP contribution in [0.4, 0.5) is 0 Å². The molecule has 1 unspecified atom stereocenters. The van der Waals surface area contributed by atoms with E-state index in [1.54, 1.807) is 18.2 Å². The van der Waals surface area contributed by atoms with Crippen LogP contribution in [-0.2, 0) is 4.79 Å². The summed E-state index contributed by atoms with van der Waals surface area (Å²) in [5, 5.41) is 17.0. The second-order valence-electron chi connectivity index (χ2n) is 5.35. The summed E-state index contributed by atoms with van der Waals surface area (Å²) in [6.45, 7) is 2.05. The molecule has 0 radical (unpaired) electrons. The van der Waals surface area contributed by atoms with Crippen LogP contribution in [0, 0.1) is 5.92 Å². The van der Waals surface area contributed by atoms with Crippen LogP contribution in [0.3, 0.4) is 0 Å². The molecule has 3 N–H and O–H groups in total. The van der Waals surface area contributed by atoms with Gasteiger partial charge in [-0.2, -0.15) is 0 Å². The van der Waals surface area contributed by atoms with E-state index < -0.39 is 6.10 Å². The molecule has 1 atom stereocenters. The fraction of sp³-hybridized carbons (Fsp3) is 0.533. The molecule has 2 rings (SSSR count). The van der Waals surface area contributed by atoms with Gasteiger partial charge in [0.15, 0.2) is 0 Å². The SMILES string of the molecule is O=C(CC1CCNCC1)NCC(O)c1c(Cl)cccc1Cl. The van der Waals surface area contributed by atoms with Crippen molar-refractivity contribution in [2.75, 3.05) is 19.6 Å². The first-order valence-corrected chi connectivity index (χ1v) is 7.93. The van der Waals surface area contributed by atoms with Gasteiger partial charge in [-0.1, -0.05) is 29.3 Å². The van der Waals surface area contributed by atoms with Gasteiger partial charge in [0.25, 0.3) is 0 Å². The number of hydrogen-bond acceptors (Lipinski definition) is 3. The van der Waals surface area contributed by atoms with Crippen LogP contribution in [0.5, 0.6) is 0 Å². The van der Waals surface area contributed by atoms with Crippen LogP contribution < -0.4 is 10.6 Å². The Kier molecular flexibility index (Phi) is 6.30. The van der Waals surface area contributed by atoms with Crippen molar-refractivity contribution in [1.29, 1.82) is 0 Å². The third kappa shape index (κ3) is 4.85. The van der Waals surface area contributed by atoms with E-state index in [2.05, 4.69) is 10.6 Å². The van der Waals surface area contributed by atoms with Gasteiger partial charge in [0.2, 0.25) is 5.91 Å². The van der Waals surface area contributed by atoms with Crippen LogP contribution in [0.2, 0.25) is 10.0 Å². The molecular weight excluding hydrogens is 311 g/mol. The normalized spacial score (nSPS) is 17.5. The second kappa shape index (κ2) is 7.99. The Morgan fingerprint density at radius 1 is 1.33 bits per heavy atom. The molecule has 0 bridgehead atoms. The third-order valence-electron chi connectivity index (χ3n) is 3.76.